The van der Waals surface area contributed by atoms with Crippen molar-refractivity contribution in [3.63, 3.8) is 0 Å². The van der Waals surface area contributed by atoms with E-state index in [0.717, 1.165) is 16.9 Å². The molecule has 0 bridgehead atoms. The van der Waals surface area contributed by atoms with Gasteiger partial charge in [-0.3, -0.25) is 9.72 Å². The standard InChI is InChI=1S/C16H18N6O/c1-10-8-11(2)17-13(9-10)19-16(23)18-12(3)15-21-20-14-6-4-5-7-22(14)15/h4-9,12H,1-3H3,(H2,17,18,19,23)/t12-/m1/s1. The van der Waals surface area contributed by atoms with Crippen molar-refractivity contribution in [1.29, 1.82) is 0 Å². The maximum absolute atomic E-state index is 12.2. The summed E-state index contributed by atoms with van der Waals surface area (Å²) in [5.74, 6) is 1.20. The highest BCUT2D eigenvalue weighted by molar-refractivity contribution is 5.88. The molecule has 7 heteroatoms. The summed E-state index contributed by atoms with van der Waals surface area (Å²) < 4.78 is 1.85. The Morgan fingerprint density at radius 2 is 2.04 bits per heavy atom. The molecule has 2 amide bonds. The van der Waals surface area contributed by atoms with Crippen LogP contribution in [0.3, 0.4) is 0 Å². The van der Waals surface area contributed by atoms with Crippen LogP contribution in [-0.4, -0.2) is 25.6 Å². The Morgan fingerprint density at radius 3 is 2.83 bits per heavy atom. The predicted octanol–water partition coefficient (Wildman–Crippen LogP) is 2.62. The lowest BCUT2D eigenvalue weighted by Gasteiger charge is -2.13. The fourth-order valence-electron chi connectivity index (χ4n) is 2.47. The quantitative estimate of drug-likeness (QED) is 0.779. The van der Waals surface area contributed by atoms with Crippen LogP contribution in [0.15, 0.2) is 36.5 Å². The Labute approximate surface area is 133 Å². The van der Waals surface area contributed by atoms with E-state index in [1.807, 2.05) is 61.7 Å². The van der Waals surface area contributed by atoms with Gasteiger partial charge in [-0.05, 0) is 50.6 Å². The van der Waals surface area contributed by atoms with Crippen LogP contribution >= 0.6 is 0 Å². The first-order chi connectivity index (χ1) is 11.0. The van der Waals surface area contributed by atoms with Gasteiger partial charge in [0.2, 0.25) is 0 Å². The van der Waals surface area contributed by atoms with Crippen LogP contribution < -0.4 is 10.6 Å². The number of aryl methyl sites for hydroxylation is 2. The molecule has 3 rings (SSSR count). The third-order valence-corrected chi connectivity index (χ3v) is 3.41. The molecule has 23 heavy (non-hydrogen) atoms. The lowest BCUT2D eigenvalue weighted by molar-refractivity contribution is 0.249. The maximum Gasteiger partial charge on any atom is 0.320 e. The molecule has 0 spiro atoms. The van der Waals surface area contributed by atoms with Crippen molar-refractivity contribution in [3.05, 3.63) is 53.6 Å². The molecule has 3 aromatic heterocycles. The number of aromatic nitrogens is 4. The third kappa shape index (κ3) is 3.28. The fourth-order valence-corrected chi connectivity index (χ4v) is 2.47. The third-order valence-electron chi connectivity index (χ3n) is 3.41. The largest absolute Gasteiger partial charge is 0.328 e. The molecule has 0 saturated carbocycles. The smallest absolute Gasteiger partial charge is 0.320 e. The van der Waals surface area contributed by atoms with Crippen LogP contribution in [0.25, 0.3) is 5.65 Å². The minimum absolute atomic E-state index is 0.293. The van der Waals surface area contributed by atoms with E-state index in [-0.39, 0.29) is 12.1 Å². The average molecular weight is 310 g/mol. The number of urea groups is 1. The van der Waals surface area contributed by atoms with Crippen molar-refractivity contribution in [2.45, 2.75) is 26.8 Å². The molecule has 0 aromatic carbocycles. The monoisotopic (exact) mass is 310 g/mol. The molecule has 2 N–H and O–H groups in total. The van der Waals surface area contributed by atoms with Gasteiger partial charge in [0.15, 0.2) is 11.5 Å². The molecular formula is C16H18N6O. The first kappa shape index (κ1) is 15.0. The number of carbonyl (C=O) groups excluding carboxylic acids is 1. The zero-order valence-electron chi connectivity index (χ0n) is 13.2. The van der Waals surface area contributed by atoms with E-state index in [1.54, 1.807) is 0 Å². The van der Waals surface area contributed by atoms with Gasteiger partial charge >= 0.3 is 6.03 Å². The van der Waals surface area contributed by atoms with Crippen LogP contribution in [-0.2, 0) is 0 Å². The van der Waals surface area contributed by atoms with Crippen molar-refractivity contribution in [2.75, 3.05) is 5.32 Å². The van der Waals surface area contributed by atoms with Crippen molar-refractivity contribution >= 4 is 17.5 Å². The predicted molar refractivity (Wildman–Crippen MR) is 87.3 cm³/mol. The van der Waals surface area contributed by atoms with Gasteiger partial charge in [-0.1, -0.05) is 6.07 Å². The van der Waals surface area contributed by atoms with Crippen LogP contribution in [0.1, 0.15) is 30.0 Å². The number of pyridine rings is 2. The molecule has 0 saturated heterocycles. The molecular weight excluding hydrogens is 292 g/mol. The number of nitrogens with zero attached hydrogens (tertiary/aromatic N) is 4. The summed E-state index contributed by atoms with van der Waals surface area (Å²) in [5, 5.41) is 13.8. The molecule has 1 atom stereocenters. The van der Waals surface area contributed by atoms with E-state index >= 15 is 0 Å². The molecule has 0 aliphatic rings. The summed E-state index contributed by atoms with van der Waals surface area (Å²) in [6.45, 7) is 5.71. The minimum atomic E-state index is -0.331. The van der Waals surface area contributed by atoms with Crippen LogP contribution in [0.2, 0.25) is 0 Å². The number of fused-ring (bicyclic) bond motifs is 1. The van der Waals surface area contributed by atoms with Gasteiger partial charge in [0.05, 0.1) is 6.04 Å². The molecule has 0 unspecified atom stereocenters. The normalized spacial score (nSPS) is 12.1. The number of amides is 2. The average Bonchev–Trinajstić information content (AvgIpc) is 2.89. The summed E-state index contributed by atoms with van der Waals surface area (Å²) in [5.41, 5.74) is 2.65. The number of nitrogens with one attached hydrogen (secondary N) is 2. The molecule has 118 valence electrons. The number of carbonyl (C=O) groups is 1. The van der Waals surface area contributed by atoms with E-state index in [9.17, 15) is 4.79 Å². The summed E-state index contributed by atoms with van der Waals surface area (Å²) in [7, 11) is 0. The molecule has 0 aliphatic heterocycles. The Bertz CT molecular complexity index is 836. The summed E-state index contributed by atoms with van der Waals surface area (Å²) in [6, 6.07) is 8.80. The van der Waals surface area contributed by atoms with E-state index in [2.05, 4.69) is 25.8 Å². The molecule has 3 aromatic rings. The van der Waals surface area contributed by atoms with Crippen molar-refractivity contribution < 1.29 is 4.79 Å². The van der Waals surface area contributed by atoms with Crippen molar-refractivity contribution in [3.8, 4) is 0 Å². The van der Waals surface area contributed by atoms with Gasteiger partial charge in [0, 0.05) is 11.9 Å². The van der Waals surface area contributed by atoms with Crippen LogP contribution in [0, 0.1) is 13.8 Å². The first-order valence-electron chi connectivity index (χ1n) is 7.35. The van der Waals surface area contributed by atoms with Gasteiger partial charge in [-0.25, -0.2) is 9.78 Å². The number of rotatable bonds is 3. The van der Waals surface area contributed by atoms with Crippen LogP contribution in [0.4, 0.5) is 10.6 Å². The van der Waals surface area contributed by atoms with Gasteiger partial charge in [0.25, 0.3) is 0 Å². The molecule has 0 fully saturated rings. The summed E-state index contributed by atoms with van der Waals surface area (Å²) in [6.07, 6.45) is 1.87. The number of hydrogen-bond acceptors (Lipinski definition) is 4. The zero-order valence-corrected chi connectivity index (χ0v) is 13.2. The molecule has 3 heterocycles. The van der Waals surface area contributed by atoms with Crippen molar-refractivity contribution in [2.24, 2.45) is 0 Å². The summed E-state index contributed by atoms with van der Waals surface area (Å²) in [4.78, 5) is 16.4. The molecule has 0 aliphatic carbocycles. The molecule has 0 radical (unpaired) electrons. The lowest BCUT2D eigenvalue weighted by Crippen LogP contribution is -2.32. The maximum atomic E-state index is 12.2. The second-order valence-electron chi connectivity index (χ2n) is 5.48. The Kier molecular flexibility index (Phi) is 3.92. The lowest BCUT2D eigenvalue weighted by atomic mass is 10.2. The SMILES string of the molecule is Cc1cc(C)nc(NC(=O)N[C@H](C)c2nnc3ccccn23)c1. The second kappa shape index (κ2) is 6.04. The number of hydrogen-bond donors (Lipinski definition) is 2. The van der Waals surface area contributed by atoms with Gasteiger partial charge in [-0.15, -0.1) is 10.2 Å². The Balaban J connectivity index is 1.72. The first-order valence-corrected chi connectivity index (χ1v) is 7.35. The Hall–Kier alpha value is -2.96. The highest BCUT2D eigenvalue weighted by atomic mass is 16.2. The highest BCUT2D eigenvalue weighted by Gasteiger charge is 2.16. The topological polar surface area (TPSA) is 84.2 Å². The zero-order chi connectivity index (χ0) is 16.4. The molecule has 7 nitrogen and oxygen atoms in total. The van der Waals surface area contributed by atoms with Gasteiger partial charge in [0.1, 0.15) is 5.82 Å². The second-order valence-corrected chi connectivity index (χ2v) is 5.48. The summed E-state index contributed by atoms with van der Waals surface area (Å²) >= 11 is 0. The van der Waals surface area contributed by atoms with E-state index < -0.39 is 0 Å². The van der Waals surface area contributed by atoms with E-state index in [0.29, 0.717) is 11.6 Å². The van der Waals surface area contributed by atoms with Crippen molar-refractivity contribution in [1.82, 2.24) is 24.9 Å². The van der Waals surface area contributed by atoms with Crippen LogP contribution in [0.5, 0.6) is 0 Å². The van der Waals surface area contributed by atoms with E-state index in [4.69, 9.17) is 0 Å². The van der Waals surface area contributed by atoms with E-state index in [1.165, 1.54) is 0 Å². The fraction of sp³-hybridized carbons (Fsp3) is 0.250. The van der Waals surface area contributed by atoms with Gasteiger partial charge in [-0.2, -0.15) is 0 Å². The minimum Gasteiger partial charge on any atom is -0.328 e. The Morgan fingerprint density at radius 1 is 1.22 bits per heavy atom. The van der Waals surface area contributed by atoms with Gasteiger partial charge < -0.3 is 5.32 Å². The number of anilines is 1. The highest BCUT2D eigenvalue weighted by Crippen LogP contribution is 2.13.